The molecule has 1 unspecified atom stereocenters. The maximum Gasteiger partial charge on any atom is 0.310 e. The van der Waals surface area contributed by atoms with Gasteiger partial charge in [0.2, 0.25) is 5.91 Å². The molecule has 1 amide bonds. The van der Waals surface area contributed by atoms with Crippen LogP contribution in [0.5, 0.6) is 0 Å². The van der Waals surface area contributed by atoms with Crippen LogP contribution in [0.2, 0.25) is 0 Å². The summed E-state index contributed by atoms with van der Waals surface area (Å²) < 4.78 is 4.96. The van der Waals surface area contributed by atoms with E-state index in [-0.39, 0.29) is 17.8 Å². The number of piperidine rings is 1. The predicted octanol–water partition coefficient (Wildman–Crippen LogP) is 3.07. The van der Waals surface area contributed by atoms with Gasteiger partial charge < -0.3 is 15.4 Å². The standard InChI is InChI=1S/C23H30N2O3/c1-28-23(27)21(15-18-6-8-19-4-2-3-5-20(19)14-18)16-25-22(26)9-7-17-10-12-24-13-11-17/h2-6,8,14,17,21,24H,7,9-13,15-16H2,1H3,(H,25,26). The molecule has 1 fully saturated rings. The monoisotopic (exact) mass is 382 g/mol. The molecule has 0 spiro atoms. The van der Waals surface area contributed by atoms with Crippen molar-refractivity contribution < 1.29 is 14.3 Å². The average molecular weight is 383 g/mol. The van der Waals surface area contributed by atoms with Gasteiger partial charge >= 0.3 is 5.97 Å². The molecule has 5 nitrogen and oxygen atoms in total. The Kier molecular flexibility index (Phi) is 7.43. The largest absolute Gasteiger partial charge is 0.469 e. The molecule has 2 aromatic rings. The molecule has 3 rings (SSSR count). The smallest absolute Gasteiger partial charge is 0.310 e. The second-order valence-electron chi connectivity index (χ2n) is 7.64. The molecule has 1 aliphatic rings. The van der Waals surface area contributed by atoms with Crippen LogP contribution in [0, 0.1) is 11.8 Å². The van der Waals surface area contributed by atoms with Gasteiger partial charge in [-0.15, -0.1) is 0 Å². The van der Waals surface area contributed by atoms with Crippen LogP contribution in [0.4, 0.5) is 0 Å². The van der Waals surface area contributed by atoms with Gasteiger partial charge in [-0.1, -0.05) is 42.5 Å². The number of fused-ring (bicyclic) bond motifs is 1. The first-order valence-electron chi connectivity index (χ1n) is 10.2. The van der Waals surface area contributed by atoms with Crippen molar-refractivity contribution in [3.05, 3.63) is 48.0 Å². The highest BCUT2D eigenvalue weighted by molar-refractivity contribution is 5.83. The molecule has 0 saturated carbocycles. The number of hydrogen-bond donors (Lipinski definition) is 2. The van der Waals surface area contributed by atoms with E-state index >= 15 is 0 Å². The Balaban J connectivity index is 1.53. The molecule has 1 aliphatic heterocycles. The third-order valence-electron chi connectivity index (χ3n) is 5.61. The summed E-state index contributed by atoms with van der Waals surface area (Å²) in [4.78, 5) is 24.5. The molecule has 2 aromatic carbocycles. The molecule has 28 heavy (non-hydrogen) atoms. The van der Waals surface area contributed by atoms with Crippen molar-refractivity contribution in [3.8, 4) is 0 Å². The number of amides is 1. The molecular weight excluding hydrogens is 352 g/mol. The molecule has 5 heteroatoms. The normalized spacial score (nSPS) is 15.9. The van der Waals surface area contributed by atoms with Crippen LogP contribution in [0.3, 0.4) is 0 Å². The first-order chi connectivity index (χ1) is 13.7. The Hall–Kier alpha value is -2.40. The molecule has 0 bridgehead atoms. The number of hydrogen-bond acceptors (Lipinski definition) is 4. The zero-order valence-electron chi connectivity index (χ0n) is 16.6. The van der Waals surface area contributed by atoms with E-state index in [1.165, 1.54) is 12.5 Å². The second-order valence-corrected chi connectivity index (χ2v) is 7.64. The lowest BCUT2D eigenvalue weighted by atomic mass is 9.93. The third-order valence-corrected chi connectivity index (χ3v) is 5.61. The topological polar surface area (TPSA) is 67.4 Å². The number of ether oxygens (including phenoxy) is 1. The molecule has 0 radical (unpaired) electrons. The number of rotatable bonds is 8. The maximum absolute atomic E-state index is 12.2. The lowest BCUT2D eigenvalue weighted by Crippen LogP contribution is -2.35. The second kappa shape index (κ2) is 10.2. The Morgan fingerprint density at radius 2 is 1.89 bits per heavy atom. The van der Waals surface area contributed by atoms with Crippen LogP contribution >= 0.6 is 0 Å². The van der Waals surface area contributed by atoms with Crippen molar-refractivity contribution in [2.45, 2.75) is 32.1 Å². The van der Waals surface area contributed by atoms with Crippen molar-refractivity contribution in [3.63, 3.8) is 0 Å². The Bertz CT molecular complexity index is 799. The minimum absolute atomic E-state index is 0.0194. The van der Waals surface area contributed by atoms with E-state index in [0.29, 0.717) is 25.3 Å². The van der Waals surface area contributed by atoms with Crippen molar-refractivity contribution in [1.82, 2.24) is 10.6 Å². The van der Waals surface area contributed by atoms with Crippen molar-refractivity contribution in [1.29, 1.82) is 0 Å². The number of esters is 1. The Morgan fingerprint density at radius 3 is 2.64 bits per heavy atom. The van der Waals surface area contributed by atoms with E-state index in [1.807, 2.05) is 18.2 Å². The van der Waals surface area contributed by atoms with E-state index < -0.39 is 0 Å². The van der Waals surface area contributed by atoms with Crippen LogP contribution in [-0.2, 0) is 20.7 Å². The third kappa shape index (κ3) is 5.80. The zero-order chi connectivity index (χ0) is 19.8. The van der Waals surface area contributed by atoms with Crippen LogP contribution in [0.1, 0.15) is 31.2 Å². The van der Waals surface area contributed by atoms with E-state index in [0.717, 1.165) is 43.3 Å². The first kappa shape index (κ1) is 20.3. The van der Waals surface area contributed by atoms with Crippen LogP contribution < -0.4 is 10.6 Å². The molecule has 150 valence electrons. The van der Waals surface area contributed by atoms with Crippen LogP contribution in [-0.4, -0.2) is 38.6 Å². The van der Waals surface area contributed by atoms with Crippen molar-refractivity contribution in [2.24, 2.45) is 11.8 Å². The van der Waals surface area contributed by atoms with Crippen LogP contribution in [0.25, 0.3) is 10.8 Å². The number of carbonyl (C=O) groups excluding carboxylic acids is 2. The first-order valence-corrected chi connectivity index (χ1v) is 10.2. The molecule has 0 aliphatic carbocycles. The number of carbonyl (C=O) groups is 2. The van der Waals surface area contributed by atoms with Gasteiger partial charge in [0, 0.05) is 13.0 Å². The minimum Gasteiger partial charge on any atom is -0.469 e. The summed E-state index contributed by atoms with van der Waals surface area (Å²) in [5.74, 6) is -0.0206. The van der Waals surface area contributed by atoms with Gasteiger partial charge in [-0.05, 0) is 61.0 Å². The molecule has 1 heterocycles. The zero-order valence-corrected chi connectivity index (χ0v) is 16.6. The molecule has 1 saturated heterocycles. The summed E-state index contributed by atoms with van der Waals surface area (Å²) in [6.45, 7) is 2.40. The highest BCUT2D eigenvalue weighted by Crippen LogP contribution is 2.19. The minimum atomic E-state index is -0.381. The van der Waals surface area contributed by atoms with Gasteiger partial charge in [0.1, 0.15) is 0 Å². The molecule has 2 N–H and O–H groups in total. The van der Waals surface area contributed by atoms with Crippen LogP contribution in [0.15, 0.2) is 42.5 Å². The Morgan fingerprint density at radius 1 is 1.14 bits per heavy atom. The summed E-state index contributed by atoms with van der Waals surface area (Å²) in [6.07, 6.45) is 4.27. The molecule has 1 atom stereocenters. The lowest BCUT2D eigenvalue weighted by Gasteiger charge is -2.22. The van der Waals surface area contributed by atoms with Gasteiger partial charge in [0.05, 0.1) is 13.0 Å². The van der Waals surface area contributed by atoms with E-state index in [4.69, 9.17) is 4.74 Å². The van der Waals surface area contributed by atoms with E-state index in [9.17, 15) is 9.59 Å². The van der Waals surface area contributed by atoms with E-state index in [1.54, 1.807) is 0 Å². The van der Waals surface area contributed by atoms with Crippen molar-refractivity contribution in [2.75, 3.05) is 26.7 Å². The van der Waals surface area contributed by atoms with Gasteiger partial charge in [-0.3, -0.25) is 9.59 Å². The summed E-state index contributed by atoms with van der Waals surface area (Å²) in [6, 6.07) is 14.4. The fourth-order valence-corrected chi connectivity index (χ4v) is 3.89. The highest BCUT2D eigenvalue weighted by atomic mass is 16.5. The lowest BCUT2D eigenvalue weighted by molar-refractivity contribution is -0.145. The molecular formula is C23H30N2O3. The highest BCUT2D eigenvalue weighted by Gasteiger charge is 2.21. The number of benzene rings is 2. The fourth-order valence-electron chi connectivity index (χ4n) is 3.89. The summed E-state index contributed by atoms with van der Waals surface area (Å²) >= 11 is 0. The average Bonchev–Trinajstić information content (AvgIpc) is 2.75. The van der Waals surface area contributed by atoms with E-state index in [2.05, 4.69) is 34.9 Å². The molecule has 0 aromatic heterocycles. The Labute approximate surface area is 166 Å². The van der Waals surface area contributed by atoms with Gasteiger partial charge in [-0.2, -0.15) is 0 Å². The summed E-state index contributed by atoms with van der Waals surface area (Å²) in [7, 11) is 1.40. The summed E-state index contributed by atoms with van der Waals surface area (Å²) in [5, 5.41) is 8.60. The predicted molar refractivity (Wildman–Crippen MR) is 111 cm³/mol. The summed E-state index contributed by atoms with van der Waals surface area (Å²) in [5.41, 5.74) is 1.07. The number of nitrogens with one attached hydrogen (secondary N) is 2. The van der Waals surface area contributed by atoms with Gasteiger partial charge in [0.15, 0.2) is 0 Å². The quantitative estimate of drug-likeness (QED) is 0.689. The van der Waals surface area contributed by atoms with Crippen molar-refractivity contribution >= 4 is 22.6 Å². The van der Waals surface area contributed by atoms with Gasteiger partial charge in [-0.25, -0.2) is 0 Å². The SMILES string of the molecule is COC(=O)C(CNC(=O)CCC1CCNCC1)Cc1ccc2ccccc2c1. The fraction of sp³-hybridized carbons (Fsp3) is 0.478. The maximum atomic E-state index is 12.2. The number of methoxy groups -OCH3 is 1. The van der Waals surface area contributed by atoms with Gasteiger partial charge in [0.25, 0.3) is 0 Å².